The molecule has 0 aromatic rings. The Kier molecular flexibility index (Phi) is 4.70. The zero-order valence-corrected chi connectivity index (χ0v) is 17.9. The van der Waals surface area contributed by atoms with Crippen molar-refractivity contribution in [3.63, 3.8) is 0 Å². The van der Waals surface area contributed by atoms with Crippen LogP contribution in [0.5, 0.6) is 0 Å². The maximum Gasteiger partial charge on any atom is 0.148 e. The van der Waals surface area contributed by atoms with Crippen molar-refractivity contribution >= 4 is 5.78 Å². The van der Waals surface area contributed by atoms with Crippen molar-refractivity contribution in [3.8, 4) is 11.8 Å². The van der Waals surface area contributed by atoms with Crippen LogP contribution in [-0.4, -0.2) is 17.0 Å². The van der Waals surface area contributed by atoms with Crippen molar-refractivity contribution in [3.05, 3.63) is 0 Å². The number of rotatable bonds is 2. The van der Waals surface area contributed by atoms with E-state index in [1.54, 1.807) is 0 Å². The van der Waals surface area contributed by atoms with Crippen molar-refractivity contribution in [2.75, 3.05) is 0 Å². The second-order valence-corrected chi connectivity index (χ2v) is 11.5. The van der Waals surface area contributed by atoms with Crippen LogP contribution in [0.15, 0.2) is 0 Å². The molecule has 5 rings (SSSR count). The van der Waals surface area contributed by atoms with E-state index < -0.39 is 0 Å². The summed E-state index contributed by atoms with van der Waals surface area (Å²) in [6.07, 6.45) is 13.7. The number of Topliss-reactive ketones (excluding diaryl/α,β-unsaturated/α-hetero) is 1. The molecule has 0 aromatic heterocycles. The minimum Gasteiger partial charge on any atom is -0.393 e. The van der Waals surface area contributed by atoms with Gasteiger partial charge in [0.2, 0.25) is 0 Å². The van der Waals surface area contributed by atoms with Crippen LogP contribution < -0.4 is 0 Å². The predicted octanol–water partition coefficient (Wildman–Crippen LogP) is 5.38. The molecule has 0 radical (unpaired) electrons. The van der Waals surface area contributed by atoms with E-state index in [1.807, 2.05) is 0 Å². The summed E-state index contributed by atoms with van der Waals surface area (Å²) in [7, 11) is 0. The Bertz CT molecular complexity index is 697. The van der Waals surface area contributed by atoms with Gasteiger partial charge in [0.25, 0.3) is 0 Å². The molecule has 154 valence electrons. The zero-order chi connectivity index (χ0) is 19.5. The summed E-state index contributed by atoms with van der Waals surface area (Å²) < 4.78 is 0. The minimum absolute atomic E-state index is 0.0614. The van der Waals surface area contributed by atoms with Crippen molar-refractivity contribution in [1.29, 1.82) is 0 Å². The lowest BCUT2D eigenvalue weighted by Gasteiger charge is -2.60. The summed E-state index contributed by atoms with van der Waals surface area (Å²) in [6, 6.07) is 0. The van der Waals surface area contributed by atoms with E-state index in [0.717, 1.165) is 42.9 Å². The SMILES string of the molecule is C[C@]12CC[C@@H](O)C[C@H]1CC[C@@H]1[C@@H]2CC[C@]2(C)[C@@H](C(=O)CC#CC3CC3)CC[C@@H]12. The molecule has 0 spiro atoms. The topological polar surface area (TPSA) is 37.3 Å². The third-order valence-electron chi connectivity index (χ3n) is 10.2. The molecule has 5 saturated carbocycles. The molecule has 0 saturated heterocycles. The van der Waals surface area contributed by atoms with Crippen molar-refractivity contribution in [2.24, 2.45) is 46.3 Å². The molecule has 0 bridgehead atoms. The quantitative estimate of drug-likeness (QED) is 0.651. The van der Waals surface area contributed by atoms with Crippen LogP contribution in [0.2, 0.25) is 0 Å². The van der Waals surface area contributed by atoms with Crippen molar-refractivity contribution < 1.29 is 9.90 Å². The molecule has 8 atom stereocenters. The molecule has 5 aliphatic carbocycles. The molecule has 5 aliphatic rings. The Labute approximate surface area is 171 Å². The normalized spacial score (nSPS) is 50.0. The van der Waals surface area contributed by atoms with Gasteiger partial charge in [0, 0.05) is 11.8 Å². The highest BCUT2D eigenvalue weighted by Crippen LogP contribution is 2.67. The van der Waals surface area contributed by atoms with Gasteiger partial charge in [-0.2, -0.15) is 0 Å². The summed E-state index contributed by atoms with van der Waals surface area (Å²) in [5.74, 6) is 10.9. The van der Waals surface area contributed by atoms with Gasteiger partial charge >= 0.3 is 0 Å². The van der Waals surface area contributed by atoms with Crippen molar-refractivity contribution in [1.82, 2.24) is 0 Å². The monoisotopic (exact) mass is 382 g/mol. The van der Waals surface area contributed by atoms with Gasteiger partial charge in [-0.15, -0.1) is 0 Å². The van der Waals surface area contributed by atoms with Crippen LogP contribution in [0.4, 0.5) is 0 Å². The number of aliphatic hydroxyl groups excluding tert-OH is 1. The Balaban J connectivity index is 1.32. The maximum absolute atomic E-state index is 13.1. The van der Waals surface area contributed by atoms with Crippen LogP contribution in [0.3, 0.4) is 0 Å². The highest BCUT2D eigenvalue weighted by molar-refractivity contribution is 5.84. The number of carbonyl (C=O) groups excluding carboxylic acids is 1. The fraction of sp³-hybridized carbons (Fsp3) is 0.885. The summed E-state index contributed by atoms with van der Waals surface area (Å²) in [4.78, 5) is 13.1. The first kappa shape index (κ1) is 19.2. The molecule has 0 aromatic carbocycles. The van der Waals surface area contributed by atoms with Crippen LogP contribution in [0.25, 0.3) is 0 Å². The summed E-state index contributed by atoms with van der Waals surface area (Å²) in [6.45, 7) is 5.00. The largest absolute Gasteiger partial charge is 0.393 e. The predicted molar refractivity (Wildman–Crippen MR) is 111 cm³/mol. The molecule has 2 nitrogen and oxygen atoms in total. The molecule has 0 amide bonds. The number of aliphatic hydroxyl groups is 1. The van der Waals surface area contributed by atoms with Gasteiger partial charge in [0.1, 0.15) is 5.78 Å². The number of carbonyl (C=O) groups is 1. The highest BCUT2D eigenvalue weighted by Gasteiger charge is 2.60. The third-order valence-corrected chi connectivity index (χ3v) is 10.2. The van der Waals surface area contributed by atoms with Gasteiger partial charge in [-0.3, -0.25) is 4.79 Å². The van der Waals surface area contributed by atoms with Gasteiger partial charge < -0.3 is 5.11 Å². The smallest absolute Gasteiger partial charge is 0.148 e. The van der Waals surface area contributed by atoms with Gasteiger partial charge in [-0.05, 0) is 105 Å². The van der Waals surface area contributed by atoms with Gasteiger partial charge in [-0.25, -0.2) is 0 Å². The molecule has 1 N–H and O–H groups in total. The van der Waals surface area contributed by atoms with Crippen LogP contribution >= 0.6 is 0 Å². The van der Waals surface area contributed by atoms with E-state index in [1.165, 1.54) is 51.4 Å². The van der Waals surface area contributed by atoms with Gasteiger partial charge in [-0.1, -0.05) is 25.7 Å². The first-order valence-corrected chi connectivity index (χ1v) is 12.1. The van der Waals surface area contributed by atoms with Gasteiger partial charge in [0.15, 0.2) is 0 Å². The van der Waals surface area contributed by atoms with Crippen LogP contribution in [0.1, 0.15) is 90.9 Å². The molecule has 0 aliphatic heterocycles. The van der Waals surface area contributed by atoms with E-state index in [9.17, 15) is 9.90 Å². The molecule has 2 heteroatoms. The average molecular weight is 383 g/mol. The Morgan fingerprint density at radius 1 is 0.929 bits per heavy atom. The Hall–Kier alpha value is -0.810. The number of hydrogen-bond donors (Lipinski definition) is 1. The fourth-order valence-electron chi connectivity index (χ4n) is 8.40. The number of hydrogen-bond acceptors (Lipinski definition) is 2. The minimum atomic E-state index is -0.0614. The van der Waals surface area contributed by atoms with E-state index in [0.29, 0.717) is 23.5 Å². The standard InChI is InChI=1S/C26H38O2/c1-25-14-12-19(27)16-18(25)8-9-20-21-10-11-23(26(21,2)15-13-22(20)25)24(28)5-3-4-17-6-7-17/h17-23,27H,5-16H2,1-2H3/t18-,19-,20+,21+,22+,23-,25+,26+/m1/s1. The molecule has 0 unspecified atom stereocenters. The van der Waals surface area contributed by atoms with Crippen LogP contribution in [0, 0.1) is 58.2 Å². The van der Waals surface area contributed by atoms with Gasteiger partial charge in [0.05, 0.1) is 12.5 Å². The number of fused-ring (bicyclic) bond motifs is 5. The van der Waals surface area contributed by atoms with Crippen LogP contribution in [-0.2, 0) is 4.79 Å². The summed E-state index contributed by atoms with van der Waals surface area (Å²) >= 11 is 0. The average Bonchev–Trinajstić information content (AvgIpc) is 3.41. The van der Waals surface area contributed by atoms with E-state index in [4.69, 9.17) is 0 Å². The van der Waals surface area contributed by atoms with E-state index >= 15 is 0 Å². The fourth-order valence-corrected chi connectivity index (χ4v) is 8.40. The molecule has 28 heavy (non-hydrogen) atoms. The van der Waals surface area contributed by atoms with Crippen molar-refractivity contribution in [2.45, 2.75) is 97.0 Å². The second-order valence-electron chi connectivity index (χ2n) is 11.5. The lowest BCUT2D eigenvalue weighted by Crippen LogP contribution is -2.54. The Morgan fingerprint density at radius 2 is 1.68 bits per heavy atom. The lowest BCUT2D eigenvalue weighted by molar-refractivity contribution is -0.139. The van der Waals surface area contributed by atoms with E-state index in [-0.39, 0.29) is 17.4 Å². The maximum atomic E-state index is 13.1. The van der Waals surface area contributed by atoms with E-state index in [2.05, 4.69) is 25.7 Å². The first-order valence-electron chi connectivity index (χ1n) is 12.1. The first-order chi connectivity index (χ1) is 13.4. The molecular weight excluding hydrogens is 344 g/mol. The zero-order valence-electron chi connectivity index (χ0n) is 17.9. The second kappa shape index (κ2) is 6.87. The summed E-state index contributed by atoms with van der Waals surface area (Å²) in [5, 5.41) is 10.2. The molecule has 5 fully saturated rings. The Morgan fingerprint density at radius 3 is 2.46 bits per heavy atom. The third kappa shape index (κ3) is 2.99. The highest BCUT2D eigenvalue weighted by atomic mass is 16.3. The molecular formula is C26H38O2. The lowest BCUT2D eigenvalue weighted by atomic mass is 9.44. The summed E-state index contributed by atoms with van der Waals surface area (Å²) in [5.41, 5.74) is 0.651. The number of ketones is 1. The molecule has 0 heterocycles.